The Bertz CT molecular complexity index is 384. The number of thioether (sulfide) groups is 1. The van der Waals surface area contributed by atoms with Crippen molar-refractivity contribution >= 4 is 34.2 Å². The van der Waals surface area contributed by atoms with Crippen LogP contribution in [-0.2, 0) is 0 Å². The third-order valence-corrected chi connectivity index (χ3v) is 4.56. The molecule has 1 aliphatic heterocycles. The van der Waals surface area contributed by atoms with E-state index in [9.17, 15) is 4.79 Å². The second kappa shape index (κ2) is 5.05. The van der Waals surface area contributed by atoms with Gasteiger partial charge in [0.25, 0.3) is 0 Å². The summed E-state index contributed by atoms with van der Waals surface area (Å²) in [6.45, 7) is 3.77. The summed E-state index contributed by atoms with van der Waals surface area (Å²) >= 11 is 3.43. The SMILES string of the molecule is Cc1sc(N2CCCSCC2)nc1C(=O)O. The van der Waals surface area contributed by atoms with Crippen molar-refractivity contribution in [3.63, 3.8) is 0 Å². The van der Waals surface area contributed by atoms with Gasteiger partial charge in [-0.05, 0) is 19.1 Å². The molecule has 0 radical (unpaired) electrons. The molecule has 0 aliphatic carbocycles. The van der Waals surface area contributed by atoms with Crippen molar-refractivity contribution in [3.05, 3.63) is 10.6 Å². The second-order valence-electron chi connectivity index (χ2n) is 3.66. The fourth-order valence-electron chi connectivity index (χ4n) is 1.65. The molecule has 1 aromatic rings. The third kappa shape index (κ3) is 2.49. The van der Waals surface area contributed by atoms with Crippen molar-refractivity contribution in [2.45, 2.75) is 13.3 Å². The zero-order chi connectivity index (χ0) is 11.5. The fraction of sp³-hybridized carbons (Fsp3) is 0.600. The van der Waals surface area contributed by atoms with Crippen molar-refractivity contribution in [1.82, 2.24) is 4.98 Å². The van der Waals surface area contributed by atoms with Gasteiger partial charge in [-0.2, -0.15) is 11.8 Å². The molecule has 2 rings (SSSR count). The Labute approximate surface area is 103 Å². The normalized spacial score (nSPS) is 17.2. The van der Waals surface area contributed by atoms with E-state index in [1.165, 1.54) is 17.1 Å². The minimum Gasteiger partial charge on any atom is -0.476 e. The maximum atomic E-state index is 10.9. The molecule has 1 fully saturated rings. The minimum atomic E-state index is -0.927. The van der Waals surface area contributed by atoms with Gasteiger partial charge in [0.2, 0.25) is 0 Å². The lowest BCUT2D eigenvalue weighted by atomic mass is 10.4. The summed E-state index contributed by atoms with van der Waals surface area (Å²) < 4.78 is 0. The molecule has 0 amide bonds. The van der Waals surface area contributed by atoms with Gasteiger partial charge >= 0.3 is 5.97 Å². The summed E-state index contributed by atoms with van der Waals surface area (Å²) in [5.41, 5.74) is 0.205. The predicted molar refractivity (Wildman–Crippen MR) is 68.0 cm³/mol. The van der Waals surface area contributed by atoms with Crippen LogP contribution in [0.1, 0.15) is 21.8 Å². The number of carbonyl (C=O) groups is 1. The number of carboxylic acid groups (broad SMARTS) is 1. The van der Waals surface area contributed by atoms with Gasteiger partial charge < -0.3 is 10.0 Å². The maximum absolute atomic E-state index is 10.9. The van der Waals surface area contributed by atoms with Crippen LogP contribution in [0, 0.1) is 6.92 Å². The monoisotopic (exact) mass is 258 g/mol. The molecule has 0 spiro atoms. The Kier molecular flexibility index (Phi) is 3.70. The number of rotatable bonds is 2. The molecule has 1 aromatic heterocycles. The Balaban J connectivity index is 2.19. The van der Waals surface area contributed by atoms with Crippen LogP contribution in [0.4, 0.5) is 5.13 Å². The summed E-state index contributed by atoms with van der Waals surface area (Å²) in [5.74, 6) is 1.36. The number of aromatic nitrogens is 1. The number of aryl methyl sites for hydroxylation is 1. The molecule has 1 N–H and O–H groups in total. The lowest BCUT2D eigenvalue weighted by Crippen LogP contribution is -2.25. The molecule has 0 atom stereocenters. The van der Waals surface area contributed by atoms with E-state index in [0.29, 0.717) is 0 Å². The molecular formula is C10H14N2O2S2. The molecular weight excluding hydrogens is 244 g/mol. The maximum Gasteiger partial charge on any atom is 0.355 e. The lowest BCUT2D eigenvalue weighted by molar-refractivity contribution is 0.0690. The summed E-state index contributed by atoms with van der Waals surface area (Å²) in [4.78, 5) is 18.1. The van der Waals surface area contributed by atoms with Gasteiger partial charge in [-0.3, -0.25) is 0 Å². The van der Waals surface area contributed by atoms with Gasteiger partial charge in [-0.1, -0.05) is 0 Å². The van der Waals surface area contributed by atoms with Crippen molar-refractivity contribution in [1.29, 1.82) is 0 Å². The van der Waals surface area contributed by atoms with E-state index in [4.69, 9.17) is 5.11 Å². The molecule has 0 bridgehead atoms. The number of aromatic carboxylic acids is 1. The highest BCUT2D eigenvalue weighted by Crippen LogP contribution is 2.27. The third-order valence-electron chi connectivity index (χ3n) is 2.48. The van der Waals surface area contributed by atoms with Gasteiger partial charge in [0, 0.05) is 23.7 Å². The molecule has 0 saturated carbocycles. The Morgan fingerprint density at radius 3 is 2.94 bits per heavy atom. The number of hydrogen-bond donors (Lipinski definition) is 1. The molecule has 6 heteroatoms. The van der Waals surface area contributed by atoms with E-state index in [1.54, 1.807) is 0 Å². The predicted octanol–water partition coefficient (Wildman–Crippen LogP) is 2.09. The Morgan fingerprint density at radius 2 is 2.25 bits per heavy atom. The largest absolute Gasteiger partial charge is 0.476 e. The Morgan fingerprint density at radius 1 is 1.44 bits per heavy atom. The van der Waals surface area contributed by atoms with Crippen LogP contribution in [0.3, 0.4) is 0 Å². The average molecular weight is 258 g/mol. The number of carboxylic acids is 1. The van der Waals surface area contributed by atoms with Crippen LogP contribution in [-0.4, -0.2) is 40.7 Å². The molecule has 1 aliphatic rings. The summed E-state index contributed by atoms with van der Waals surface area (Å²) in [5, 5.41) is 9.81. The average Bonchev–Trinajstić information content (AvgIpc) is 2.50. The van der Waals surface area contributed by atoms with Crippen LogP contribution in [0.15, 0.2) is 0 Å². The van der Waals surface area contributed by atoms with Crippen molar-refractivity contribution < 1.29 is 9.90 Å². The standard InChI is InChI=1S/C10H14N2O2S2/c1-7-8(9(13)14)11-10(16-7)12-3-2-5-15-6-4-12/h2-6H2,1H3,(H,13,14). The quantitative estimate of drug-likeness (QED) is 0.880. The van der Waals surface area contributed by atoms with Crippen LogP contribution >= 0.6 is 23.1 Å². The summed E-state index contributed by atoms with van der Waals surface area (Å²) in [6.07, 6.45) is 1.14. The zero-order valence-corrected chi connectivity index (χ0v) is 10.7. The number of nitrogens with zero attached hydrogens (tertiary/aromatic N) is 2. The van der Waals surface area contributed by atoms with Gasteiger partial charge in [-0.15, -0.1) is 11.3 Å². The first kappa shape index (κ1) is 11.7. The molecule has 0 unspecified atom stereocenters. The van der Waals surface area contributed by atoms with Crippen molar-refractivity contribution in [3.8, 4) is 0 Å². The molecule has 4 nitrogen and oxygen atoms in total. The van der Waals surface area contributed by atoms with Gasteiger partial charge in [0.05, 0.1) is 0 Å². The van der Waals surface area contributed by atoms with E-state index < -0.39 is 5.97 Å². The van der Waals surface area contributed by atoms with Crippen LogP contribution in [0.25, 0.3) is 0 Å². The highest BCUT2D eigenvalue weighted by molar-refractivity contribution is 7.99. The first-order chi connectivity index (χ1) is 7.68. The highest BCUT2D eigenvalue weighted by atomic mass is 32.2. The molecule has 88 valence electrons. The summed E-state index contributed by atoms with van der Waals surface area (Å²) in [6, 6.07) is 0. The number of thiazole rings is 1. The lowest BCUT2D eigenvalue weighted by Gasteiger charge is -2.18. The van der Waals surface area contributed by atoms with Gasteiger partial charge in [0.15, 0.2) is 10.8 Å². The molecule has 2 heterocycles. The first-order valence-electron chi connectivity index (χ1n) is 5.22. The smallest absolute Gasteiger partial charge is 0.355 e. The number of anilines is 1. The van der Waals surface area contributed by atoms with Gasteiger partial charge in [0.1, 0.15) is 0 Å². The van der Waals surface area contributed by atoms with E-state index in [2.05, 4.69) is 9.88 Å². The Hall–Kier alpha value is -0.750. The second-order valence-corrected chi connectivity index (χ2v) is 6.07. The molecule has 1 saturated heterocycles. The molecule has 16 heavy (non-hydrogen) atoms. The van der Waals surface area contributed by atoms with Gasteiger partial charge in [-0.25, -0.2) is 9.78 Å². The van der Waals surface area contributed by atoms with Crippen LogP contribution in [0.5, 0.6) is 0 Å². The van der Waals surface area contributed by atoms with Crippen molar-refractivity contribution in [2.75, 3.05) is 29.5 Å². The fourth-order valence-corrected chi connectivity index (χ4v) is 3.49. The summed E-state index contributed by atoms with van der Waals surface area (Å²) in [7, 11) is 0. The van der Waals surface area contributed by atoms with Crippen LogP contribution < -0.4 is 4.90 Å². The van der Waals surface area contributed by atoms with Crippen molar-refractivity contribution in [2.24, 2.45) is 0 Å². The first-order valence-corrected chi connectivity index (χ1v) is 7.19. The molecule has 0 aromatic carbocycles. The van der Waals surface area contributed by atoms with Crippen LogP contribution in [0.2, 0.25) is 0 Å². The topological polar surface area (TPSA) is 53.4 Å². The zero-order valence-electron chi connectivity index (χ0n) is 9.10. The highest BCUT2D eigenvalue weighted by Gasteiger charge is 2.18. The van der Waals surface area contributed by atoms with E-state index >= 15 is 0 Å². The van der Waals surface area contributed by atoms with E-state index in [-0.39, 0.29) is 5.69 Å². The number of hydrogen-bond acceptors (Lipinski definition) is 5. The van der Waals surface area contributed by atoms with E-state index in [1.807, 2.05) is 18.7 Å². The minimum absolute atomic E-state index is 0.205. The van der Waals surface area contributed by atoms with E-state index in [0.717, 1.165) is 35.3 Å².